The Hall–Kier alpha value is -2.22. The van der Waals surface area contributed by atoms with Crippen molar-refractivity contribution in [1.82, 2.24) is 20.2 Å². The molecule has 1 aliphatic carbocycles. The summed E-state index contributed by atoms with van der Waals surface area (Å²) in [5.41, 5.74) is 4.66. The zero-order chi connectivity index (χ0) is 19.3. The Kier molecular flexibility index (Phi) is 6.04. The first-order valence-electron chi connectivity index (χ1n) is 9.57. The van der Waals surface area contributed by atoms with Gasteiger partial charge in [-0.3, -0.25) is 0 Å². The van der Waals surface area contributed by atoms with Gasteiger partial charge in [0.1, 0.15) is 0 Å². The number of benzene rings is 2. The highest BCUT2D eigenvalue weighted by Gasteiger charge is 2.21. The highest BCUT2D eigenvalue weighted by atomic mass is 32.2. The Morgan fingerprint density at radius 3 is 2.93 bits per heavy atom. The van der Waals surface area contributed by atoms with Gasteiger partial charge in [0.05, 0.1) is 24.5 Å². The SMILES string of the molecule is Cc1ccccc1-n1nnnc1SC[C@@H](O)CO[C@H]1CCCc2ccccc21. The van der Waals surface area contributed by atoms with Crippen molar-refractivity contribution in [3.05, 3.63) is 65.2 Å². The predicted molar refractivity (Wildman–Crippen MR) is 109 cm³/mol. The minimum absolute atomic E-state index is 0.0712. The van der Waals surface area contributed by atoms with Crippen molar-refractivity contribution in [2.24, 2.45) is 0 Å². The molecule has 1 N–H and O–H groups in total. The number of thioether (sulfide) groups is 1. The molecule has 0 aliphatic heterocycles. The van der Waals surface area contributed by atoms with Gasteiger partial charge in [-0.1, -0.05) is 54.2 Å². The molecule has 0 fully saturated rings. The van der Waals surface area contributed by atoms with Gasteiger partial charge in [0, 0.05) is 5.75 Å². The summed E-state index contributed by atoms with van der Waals surface area (Å²) < 4.78 is 7.77. The van der Waals surface area contributed by atoms with E-state index in [1.54, 1.807) is 4.68 Å². The molecule has 3 aromatic rings. The van der Waals surface area contributed by atoms with Crippen LogP contribution in [-0.4, -0.2) is 43.8 Å². The Morgan fingerprint density at radius 2 is 2.04 bits per heavy atom. The van der Waals surface area contributed by atoms with Gasteiger partial charge in [0.25, 0.3) is 0 Å². The fourth-order valence-electron chi connectivity index (χ4n) is 3.55. The van der Waals surface area contributed by atoms with E-state index in [1.807, 2.05) is 31.2 Å². The van der Waals surface area contributed by atoms with Crippen molar-refractivity contribution >= 4 is 11.8 Å². The first kappa shape index (κ1) is 19.1. The number of para-hydroxylation sites is 1. The standard InChI is InChI=1S/C21H24N4O2S/c1-15-7-2-5-11-19(15)25-21(22-23-24-25)28-14-17(26)13-27-20-12-6-9-16-8-3-4-10-18(16)20/h2-5,7-8,10-11,17,20,26H,6,9,12-14H2,1H3/t17-,20-/m0/s1. The molecule has 6 nitrogen and oxygen atoms in total. The summed E-state index contributed by atoms with van der Waals surface area (Å²) in [5.74, 6) is 0.473. The number of tetrazole rings is 1. The molecule has 1 aromatic heterocycles. The molecule has 146 valence electrons. The van der Waals surface area contributed by atoms with Gasteiger partial charge < -0.3 is 9.84 Å². The van der Waals surface area contributed by atoms with Gasteiger partial charge in [0.2, 0.25) is 5.16 Å². The molecule has 1 aliphatic rings. The molecule has 0 saturated carbocycles. The van der Waals surface area contributed by atoms with Crippen molar-refractivity contribution in [3.63, 3.8) is 0 Å². The third-order valence-electron chi connectivity index (χ3n) is 4.99. The van der Waals surface area contributed by atoms with Crippen LogP contribution >= 0.6 is 11.8 Å². The molecule has 2 atom stereocenters. The summed E-state index contributed by atoms with van der Waals surface area (Å²) in [7, 11) is 0. The molecular weight excluding hydrogens is 372 g/mol. The molecule has 0 amide bonds. The second kappa shape index (κ2) is 8.86. The normalized spacial score (nSPS) is 17.3. The maximum absolute atomic E-state index is 10.4. The smallest absolute Gasteiger partial charge is 0.214 e. The monoisotopic (exact) mass is 396 g/mol. The number of aliphatic hydroxyl groups excluding tert-OH is 1. The van der Waals surface area contributed by atoms with E-state index in [0.717, 1.165) is 30.5 Å². The zero-order valence-electron chi connectivity index (χ0n) is 15.9. The lowest BCUT2D eigenvalue weighted by molar-refractivity contribution is -0.00960. The first-order valence-corrected chi connectivity index (χ1v) is 10.6. The maximum Gasteiger partial charge on any atom is 0.214 e. The summed E-state index contributed by atoms with van der Waals surface area (Å²) in [6, 6.07) is 16.4. The van der Waals surface area contributed by atoms with Crippen molar-refractivity contribution < 1.29 is 9.84 Å². The average Bonchev–Trinajstić information content (AvgIpc) is 3.19. The van der Waals surface area contributed by atoms with Crippen molar-refractivity contribution in [2.45, 2.75) is 43.6 Å². The van der Waals surface area contributed by atoms with Gasteiger partial charge in [-0.15, -0.1) is 5.10 Å². The van der Waals surface area contributed by atoms with Crippen LogP contribution in [0.3, 0.4) is 0 Å². The third kappa shape index (κ3) is 4.27. The topological polar surface area (TPSA) is 73.1 Å². The molecule has 1 heterocycles. The Bertz CT molecular complexity index is 930. The average molecular weight is 397 g/mol. The van der Waals surface area contributed by atoms with Crippen LogP contribution in [0.25, 0.3) is 5.69 Å². The fraction of sp³-hybridized carbons (Fsp3) is 0.381. The van der Waals surface area contributed by atoms with E-state index in [1.165, 1.54) is 22.9 Å². The van der Waals surface area contributed by atoms with Crippen LogP contribution in [0.4, 0.5) is 0 Å². The number of rotatable bonds is 7. The Morgan fingerprint density at radius 1 is 1.21 bits per heavy atom. The highest BCUT2D eigenvalue weighted by molar-refractivity contribution is 7.99. The van der Waals surface area contributed by atoms with E-state index in [9.17, 15) is 5.11 Å². The quantitative estimate of drug-likeness (QED) is 0.616. The summed E-state index contributed by atoms with van der Waals surface area (Å²) >= 11 is 1.43. The molecule has 4 rings (SSSR count). The van der Waals surface area contributed by atoms with E-state index >= 15 is 0 Å². The van der Waals surface area contributed by atoms with Crippen LogP contribution in [0.15, 0.2) is 53.7 Å². The molecule has 7 heteroatoms. The minimum atomic E-state index is -0.582. The predicted octanol–water partition coefficient (Wildman–Crippen LogP) is 3.52. The van der Waals surface area contributed by atoms with Crippen molar-refractivity contribution in [2.75, 3.05) is 12.4 Å². The van der Waals surface area contributed by atoms with Crippen molar-refractivity contribution in [1.29, 1.82) is 0 Å². The van der Waals surface area contributed by atoms with Crippen LogP contribution < -0.4 is 0 Å². The first-order chi connectivity index (χ1) is 13.7. The van der Waals surface area contributed by atoms with Gasteiger partial charge in [-0.2, -0.15) is 4.68 Å². The number of fused-ring (bicyclic) bond motifs is 1. The third-order valence-corrected chi connectivity index (χ3v) is 6.06. The second-order valence-electron chi connectivity index (χ2n) is 7.04. The fourth-order valence-corrected chi connectivity index (χ4v) is 4.34. The van der Waals surface area contributed by atoms with E-state index in [-0.39, 0.29) is 6.10 Å². The zero-order valence-corrected chi connectivity index (χ0v) is 16.7. The molecule has 0 bridgehead atoms. The highest BCUT2D eigenvalue weighted by Crippen LogP contribution is 2.32. The number of nitrogens with zero attached hydrogens (tertiary/aromatic N) is 4. The van der Waals surface area contributed by atoms with Gasteiger partial charge in [-0.05, 0) is 59.4 Å². The molecule has 0 spiro atoms. The summed E-state index contributed by atoms with van der Waals surface area (Å²) in [6.45, 7) is 2.33. The summed E-state index contributed by atoms with van der Waals surface area (Å²) in [5, 5.41) is 23.1. The maximum atomic E-state index is 10.4. The molecule has 28 heavy (non-hydrogen) atoms. The molecular formula is C21H24N4O2S. The largest absolute Gasteiger partial charge is 0.390 e. The van der Waals surface area contributed by atoms with Gasteiger partial charge in [0.15, 0.2) is 0 Å². The molecule has 0 saturated heterocycles. The van der Waals surface area contributed by atoms with E-state index < -0.39 is 6.10 Å². The molecule has 0 radical (unpaired) electrons. The number of hydrogen-bond donors (Lipinski definition) is 1. The van der Waals surface area contributed by atoms with Crippen LogP contribution in [0.1, 0.15) is 35.6 Å². The number of ether oxygens (including phenoxy) is 1. The van der Waals surface area contributed by atoms with E-state index in [0.29, 0.717) is 17.5 Å². The lowest BCUT2D eigenvalue weighted by atomic mass is 9.89. The van der Waals surface area contributed by atoms with Crippen molar-refractivity contribution in [3.8, 4) is 5.69 Å². The number of aromatic nitrogens is 4. The number of hydrogen-bond acceptors (Lipinski definition) is 6. The van der Waals surface area contributed by atoms with E-state index in [2.05, 4.69) is 39.8 Å². The molecule has 2 aromatic carbocycles. The lowest BCUT2D eigenvalue weighted by Crippen LogP contribution is -2.22. The van der Waals surface area contributed by atoms with Crippen LogP contribution in [-0.2, 0) is 11.2 Å². The number of aliphatic hydroxyl groups is 1. The number of aryl methyl sites for hydroxylation is 2. The summed E-state index contributed by atoms with van der Waals surface area (Å²) in [6.07, 6.45) is 2.72. The Balaban J connectivity index is 1.34. The lowest BCUT2D eigenvalue weighted by Gasteiger charge is -2.26. The van der Waals surface area contributed by atoms with Gasteiger partial charge >= 0.3 is 0 Å². The second-order valence-corrected chi connectivity index (χ2v) is 8.02. The summed E-state index contributed by atoms with van der Waals surface area (Å²) in [4.78, 5) is 0. The van der Waals surface area contributed by atoms with Crippen LogP contribution in [0, 0.1) is 6.92 Å². The van der Waals surface area contributed by atoms with E-state index in [4.69, 9.17) is 4.74 Å². The van der Waals surface area contributed by atoms with Gasteiger partial charge in [-0.25, -0.2) is 0 Å². The minimum Gasteiger partial charge on any atom is -0.390 e. The molecule has 0 unspecified atom stereocenters. The van der Waals surface area contributed by atoms with Crippen LogP contribution in [0.5, 0.6) is 0 Å². The Labute approximate surface area is 168 Å². The van der Waals surface area contributed by atoms with Crippen LogP contribution in [0.2, 0.25) is 0 Å².